The molecular weight excluding hydrogens is 238 g/mol. The fourth-order valence-electron chi connectivity index (χ4n) is 1.33. The smallest absolute Gasteiger partial charge is 0.341 e. The number of hydrogen-bond donors (Lipinski definition) is 1. The van der Waals surface area contributed by atoms with Gasteiger partial charge in [-0.2, -0.15) is 0 Å². The molecular formula is C12H15NO3S. The molecule has 0 spiro atoms. The lowest BCUT2D eigenvalue weighted by Gasteiger charge is -2.05. The zero-order chi connectivity index (χ0) is 13.0. The van der Waals surface area contributed by atoms with Crippen molar-refractivity contribution in [3.63, 3.8) is 0 Å². The molecule has 0 aromatic carbocycles. The summed E-state index contributed by atoms with van der Waals surface area (Å²) in [6.45, 7) is 9.16. The lowest BCUT2D eigenvalue weighted by atomic mass is 10.1. The summed E-state index contributed by atoms with van der Waals surface area (Å²) in [5.74, 6) is -0.745. The fourth-order valence-corrected chi connectivity index (χ4v) is 2.38. The number of amides is 1. The van der Waals surface area contributed by atoms with Gasteiger partial charge in [-0.05, 0) is 32.4 Å². The molecule has 0 aliphatic rings. The van der Waals surface area contributed by atoms with E-state index in [9.17, 15) is 9.59 Å². The van der Waals surface area contributed by atoms with Gasteiger partial charge < -0.3 is 10.1 Å². The topological polar surface area (TPSA) is 55.4 Å². The van der Waals surface area contributed by atoms with Crippen molar-refractivity contribution in [2.24, 2.45) is 0 Å². The molecule has 1 heterocycles. The van der Waals surface area contributed by atoms with Crippen molar-refractivity contribution in [2.45, 2.75) is 20.8 Å². The van der Waals surface area contributed by atoms with E-state index in [1.165, 1.54) is 17.4 Å². The predicted octanol–water partition coefficient (Wildman–Crippen LogP) is 2.67. The Kier molecular flexibility index (Phi) is 4.45. The number of nitrogens with one attached hydrogen (secondary N) is 1. The van der Waals surface area contributed by atoms with Crippen molar-refractivity contribution >= 4 is 28.2 Å². The highest BCUT2D eigenvalue weighted by Crippen LogP contribution is 2.32. The Bertz CT molecular complexity index is 463. The number of thiophene rings is 1. The maximum absolute atomic E-state index is 11.8. The van der Waals surface area contributed by atoms with Crippen molar-refractivity contribution in [1.82, 2.24) is 0 Å². The average molecular weight is 253 g/mol. The maximum Gasteiger partial charge on any atom is 0.341 e. The maximum atomic E-state index is 11.8. The number of rotatable bonds is 4. The van der Waals surface area contributed by atoms with E-state index < -0.39 is 5.97 Å². The Morgan fingerprint density at radius 3 is 2.65 bits per heavy atom. The van der Waals surface area contributed by atoms with E-state index >= 15 is 0 Å². The van der Waals surface area contributed by atoms with Gasteiger partial charge in [0, 0.05) is 4.88 Å². The van der Waals surface area contributed by atoms with Gasteiger partial charge in [0.05, 0.1) is 12.2 Å². The number of esters is 1. The third-order valence-corrected chi connectivity index (χ3v) is 3.41. The van der Waals surface area contributed by atoms with Crippen molar-refractivity contribution < 1.29 is 14.3 Å². The van der Waals surface area contributed by atoms with Gasteiger partial charge in [0.15, 0.2) is 0 Å². The summed E-state index contributed by atoms with van der Waals surface area (Å²) in [4.78, 5) is 24.0. The SMILES string of the molecule is C=CC(=O)Nc1sc(C)c(C)c1C(=O)OCC. The van der Waals surface area contributed by atoms with Crippen molar-refractivity contribution in [1.29, 1.82) is 0 Å². The second kappa shape index (κ2) is 5.63. The summed E-state index contributed by atoms with van der Waals surface area (Å²) >= 11 is 1.36. The first kappa shape index (κ1) is 13.4. The molecule has 1 aromatic heterocycles. The first-order valence-corrected chi connectivity index (χ1v) is 6.03. The third kappa shape index (κ3) is 2.94. The van der Waals surface area contributed by atoms with Gasteiger partial charge in [0.25, 0.3) is 0 Å². The second-order valence-electron chi connectivity index (χ2n) is 3.40. The lowest BCUT2D eigenvalue weighted by molar-refractivity contribution is -0.111. The van der Waals surface area contributed by atoms with E-state index in [1.54, 1.807) is 6.92 Å². The lowest BCUT2D eigenvalue weighted by Crippen LogP contribution is -2.12. The van der Waals surface area contributed by atoms with Crippen LogP contribution in [0.15, 0.2) is 12.7 Å². The van der Waals surface area contributed by atoms with Gasteiger partial charge in [0.2, 0.25) is 5.91 Å². The molecule has 1 rings (SSSR count). The Balaban J connectivity index is 3.12. The number of ether oxygens (including phenoxy) is 1. The van der Waals surface area contributed by atoms with Crippen LogP contribution in [-0.2, 0) is 9.53 Å². The molecule has 0 fully saturated rings. The van der Waals surface area contributed by atoms with Gasteiger partial charge >= 0.3 is 5.97 Å². The highest BCUT2D eigenvalue weighted by atomic mass is 32.1. The molecule has 1 N–H and O–H groups in total. The summed E-state index contributed by atoms with van der Waals surface area (Å²) in [6, 6.07) is 0. The largest absolute Gasteiger partial charge is 0.462 e. The van der Waals surface area contributed by atoms with Crippen molar-refractivity contribution in [3.05, 3.63) is 28.7 Å². The van der Waals surface area contributed by atoms with Crippen molar-refractivity contribution in [2.75, 3.05) is 11.9 Å². The van der Waals surface area contributed by atoms with E-state index in [2.05, 4.69) is 11.9 Å². The first-order valence-electron chi connectivity index (χ1n) is 5.21. The minimum atomic E-state index is -0.409. The normalized spacial score (nSPS) is 9.82. The Labute approximate surface area is 104 Å². The van der Waals surface area contributed by atoms with Crippen molar-refractivity contribution in [3.8, 4) is 0 Å². The van der Waals surface area contributed by atoms with Crippen LogP contribution in [0.5, 0.6) is 0 Å². The molecule has 0 radical (unpaired) electrons. The van der Waals surface area contributed by atoms with Crippen LogP contribution in [0.1, 0.15) is 27.7 Å². The molecule has 17 heavy (non-hydrogen) atoms. The van der Waals surface area contributed by atoms with Crippen LogP contribution in [0.3, 0.4) is 0 Å². The van der Waals surface area contributed by atoms with E-state index in [0.717, 1.165) is 10.4 Å². The Morgan fingerprint density at radius 2 is 2.12 bits per heavy atom. The zero-order valence-electron chi connectivity index (χ0n) is 10.1. The molecule has 0 saturated heterocycles. The first-order chi connectivity index (χ1) is 8.01. The monoisotopic (exact) mass is 253 g/mol. The van der Waals surface area contributed by atoms with Crippen LogP contribution < -0.4 is 5.32 Å². The Hall–Kier alpha value is -1.62. The van der Waals surface area contributed by atoms with Gasteiger partial charge in [-0.15, -0.1) is 11.3 Å². The Morgan fingerprint density at radius 1 is 1.47 bits per heavy atom. The van der Waals surface area contributed by atoms with Crippen LogP contribution in [0, 0.1) is 13.8 Å². The number of hydrogen-bond acceptors (Lipinski definition) is 4. The molecule has 0 unspecified atom stereocenters. The molecule has 1 amide bonds. The summed E-state index contributed by atoms with van der Waals surface area (Å²) in [6.07, 6.45) is 1.17. The number of aryl methyl sites for hydroxylation is 1. The van der Waals surface area contributed by atoms with Crippen LogP contribution in [0.25, 0.3) is 0 Å². The molecule has 4 nitrogen and oxygen atoms in total. The number of carbonyl (C=O) groups excluding carboxylic acids is 2. The minimum absolute atomic E-state index is 0.308. The van der Waals surface area contributed by atoms with Gasteiger partial charge in [-0.25, -0.2) is 4.79 Å². The van der Waals surface area contributed by atoms with Crippen LogP contribution in [0.4, 0.5) is 5.00 Å². The second-order valence-corrected chi connectivity index (χ2v) is 4.63. The fraction of sp³-hybridized carbons (Fsp3) is 0.333. The van der Waals surface area contributed by atoms with E-state index in [-0.39, 0.29) is 5.91 Å². The number of carbonyl (C=O) groups is 2. The molecule has 0 aliphatic carbocycles. The van der Waals surface area contributed by atoms with Crippen LogP contribution in [0.2, 0.25) is 0 Å². The molecule has 0 bridgehead atoms. The van der Waals surface area contributed by atoms with Gasteiger partial charge in [0.1, 0.15) is 5.00 Å². The molecule has 0 aliphatic heterocycles. The minimum Gasteiger partial charge on any atom is -0.462 e. The average Bonchev–Trinajstić information content (AvgIpc) is 2.54. The molecule has 5 heteroatoms. The molecule has 92 valence electrons. The van der Waals surface area contributed by atoms with Gasteiger partial charge in [-0.1, -0.05) is 6.58 Å². The molecule has 0 atom stereocenters. The summed E-state index contributed by atoms with van der Waals surface area (Å²) in [5, 5.41) is 3.14. The van der Waals surface area contributed by atoms with E-state index in [0.29, 0.717) is 17.2 Å². The summed E-state index contributed by atoms with van der Waals surface area (Å²) in [7, 11) is 0. The quantitative estimate of drug-likeness (QED) is 0.663. The molecule has 1 aromatic rings. The van der Waals surface area contributed by atoms with E-state index in [1.807, 2.05) is 13.8 Å². The van der Waals surface area contributed by atoms with Crippen LogP contribution in [-0.4, -0.2) is 18.5 Å². The summed E-state index contributed by atoms with van der Waals surface area (Å²) < 4.78 is 4.97. The zero-order valence-corrected chi connectivity index (χ0v) is 10.9. The predicted molar refractivity (Wildman–Crippen MR) is 68.6 cm³/mol. The third-order valence-electron chi connectivity index (χ3n) is 2.29. The summed E-state index contributed by atoms with van der Waals surface area (Å²) in [5.41, 5.74) is 1.28. The molecule has 0 saturated carbocycles. The number of anilines is 1. The van der Waals surface area contributed by atoms with Crippen LogP contribution >= 0.6 is 11.3 Å². The highest BCUT2D eigenvalue weighted by molar-refractivity contribution is 7.16. The standard InChI is InChI=1S/C12H15NO3S/c1-5-9(14)13-11-10(12(15)16-6-2)7(3)8(4)17-11/h5H,1,6H2,2-4H3,(H,13,14). The van der Waals surface area contributed by atoms with E-state index in [4.69, 9.17) is 4.74 Å². The van der Waals surface area contributed by atoms with Gasteiger partial charge in [-0.3, -0.25) is 4.79 Å². The highest BCUT2D eigenvalue weighted by Gasteiger charge is 2.21.